The van der Waals surface area contributed by atoms with E-state index < -0.39 is 17.4 Å². The van der Waals surface area contributed by atoms with Gasteiger partial charge in [0, 0.05) is 0 Å². The molecule has 5 heteroatoms. The molecule has 0 unspecified atom stereocenters. The fraction of sp³-hybridized carbons (Fsp3) is 0.923. The van der Waals surface area contributed by atoms with E-state index in [9.17, 15) is 23.4 Å². The Hall–Kier alpha value is -0.550. The van der Waals surface area contributed by atoms with Crippen LogP contribution in [-0.2, 0) is 0 Å². The number of halogens is 3. The van der Waals surface area contributed by atoms with Crippen LogP contribution in [0.25, 0.3) is 0 Å². The molecule has 0 aromatic rings. The van der Waals surface area contributed by atoms with E-state index in [0.29, 0.717) is 36.0 Å². The molecule has 3 saturated carbocycles. The Balaban J connectivity index is 1.44. The van der Waals surface area contributed by atoms with E-state index in [-0.39, 0.29) is 17.8 Å². The van der Waals surface area contributed by atoms with Crippen molar-refractivity contribution in [1.82, 2.24) is 0 Å². The van der Waals surface area contributed by atoms with Crippen molar-refractivity contribution in [2.75, 3.05) is 0 Å². The first-order chi connectivity index (χ1) is 14.3. The van der Waals surface area contributed by atoms with Gasteiger partial charge >= 0.3 is 6.18 Å². The molecule has 2 nitrogen and oxygen atoms in total. The smallest absolute Gasteiger partial charge is 0.390 e. The van der Waals surface area contributed by atoms with Gasteiger partial charge in [0.05, 0.1) is 5.60 Å². The van der Waals surface area contributed by atoms with Crippen LogP contribution in [0.3, 0.4) is 0 Å². The molecule has 178 valence electrons. The third kappa shape index (κ3) is 4.11. The second kappa shape index (κ2) is 7.75. The number of allylic oxidation sites excluding steroid dienone is 1. The molecular formula is C26H41F3O2. The van der Waals surface area contributed by atoms with Crippen molar-refractivity contribution >= 4 is 0 Å². The highest BCUT2D eigenvalue weighted by Crippen LogP contribution is 2.63. The van der Waals surface area contributed by atoms with Crippen LogP contribution in [0.5, 0.6) is 0 Å². The predicted octanol–water partition coefficient (Wildman–Crippen LogP) is 6.66. The summed E-state index contributed by atoms with van der Waals surface area (Å²) in [5.41, 5.74) is -1.47. The topological polar surface area (TPSA) is 40.5 Å². The summed E-state index contributed by atoms with van der Waals surface area (Å²) in [7, 11) is 0. The molecule has 9 atom stereocenters. The van der Waals surface area contributed by atoms with Gasteiger partial charge in [0.25, 0.3) is 0 Å². The Kier molecular flexibility index (Phi) is 5.90. The Morgan fingerprint density at radius 3 is 2.42 bits per heavy atom. The Bertz CT molecular complexity index is 710. The van der Waals surface area contributed by atoms with Crippen molar-refractivity contribution in [3.63, 3.8) is 0 Å². The van der Waals surface area contributed by atoms with Crippen LogP contribution in [0.1, 0.15) is 91.9 Å². The van der Waals surface area contributed by atoms with E-state index in [1.165, 1.54) is 24.8 Å². The normalized spacial score (nSPS) is 45.7. The first-order valence-corrected chi connectivity index (χ1v) is 12.5. The molecule has 0 aliphatic heterocycles. The molecule has 3 fully saturated rings. The van der Waals surface area contributed by atoms with Crippen LogP contribution >= 0.6 is 0 Å². The number of aliphatic hydroxyl groups is 2. The Morgan fingerprint density at radius 2 is 1.74 bits per heavy atom. The number of hydrogen-bond donors (Lipinski definition) is 2. The van der Waals surface area contributed by atoms with Gasteiger partial charge in [-0.1, -0.05) is 25.5 Å². The van der Waals surface area contributed by atoms with E-state index in [1.54, 1.807) is 0 Å². The lowest BCUT2D eigenvalue weighted by atomic mass is 9.49. The van der Waals surface area contributed by atoms with Crippen molar-refractivity contribution in [2.45, 2.75) is 109 Å². The zero-order valence-electron chi connectivity index (χ0n) is 19.6. The monoisotopic (exact) mass is 442 g/mol. The van der Waals surface area contributed by atoms with Gasteiger partial charge in [0.2, 0.25) is 0 Å². The van der Waals surface area contributed by atoms with Gasteiger partial charge in [-0.2, -0.15) is 13.2 Å². The first-order valence-electron chi connectivity index (χ1n) is 12.5. The van der Waals surface area contributed by atoms with Crippen LogP contribution in [0.2, 0.25) is 0 Å². The summed E-state index contributed by atoms with van der Waals surface area (Å²) in [6.07, 6.45) is 6.69. The van der Waals surface area contributed by atoms with Crippen LogP contribution < -0.4 is 0 Å². The van der Waals surface area contributed by atoms with Crippen molar-refractivity contribution in [3.05, 3.63) is 11.6 Å². The molecule has 4 aliphatic carbocycles. The van der Waals surface area contributed by atoms with E-state index in [2.05, 4.69) is 19.9 Å². The van der Waals surface area contributed by atoms with Gasteiger partial charge in [-0.05, 0) is 119 Å². The van der Waals surface area contributed by atoms with Crippen molar-refractivity contribution in [3.8, 4) is 0 Å². The van der Waals surface area contributed by atoms with Gasteiger partial charge in [-0.15, -0.1) is 0 Å². The standard InChI is InChI=1S/C26H41F3O2/c1-16(11-12-25(4,31)26(27,28)29)18-7-8-20-19(18)9-10-22-21(20)6-5-17-15-23(2,30)13-14-24(17,22)3/h5,16,18-22,30-31H,6-15H2,1-4H3/t16-,18-,19-,20-,21+,22+,23+,24+,25-/m1/s1. The van der Waals surface area contributed by atoms with Gasteiger partial charge in [-0.3, -0.25) is 0 Å². The van der Waals surface area contributed by atoms with Crippen LogP contribution in [0.4, 0.5) is 13.2 Å². The minimum Gasteiger partial charge on any atom is -0.390 e. The molecule has 4 rings (SSSR count). The molecule has 0 spiro atoms. The molecule has 0 amide bonds. The summed E-state index contributed by atoms with van der Waals surface area (Å²) in [6, 6.07) is 0. The third-order valence-electron chi connectivity index (χ3n) is 10.2. The fourth-order valence-corrected chi connectivity index (χ4v) is 8.07. The number of fused-ring (bicyclic) bond motifs is 5. The predicted molar refractivity (Wildman–Crippen MR) is 116 cm³/mol. The minimum atomic E-state index is -4.56. The SMILES string of the molecule is C[C@H](CC[C@@](C)(O)C(F)(F)F)[C@H]1CC[C@@H]2[C@@H]1CC[C@H]1[C@H]2CC=C2C[C@@](C)(O)CC[C@@]21C. The highest BCUT2D eigenvalue weighted by atomic mass is 19.4. The van der Waals surface area contributed by atoms with E-state index in [0.717, 1.165) is 39.0 Å². The summed E-state index contributed by atoms with van der Waals surface area (Å²) in [5, 5.41) is 20.5. The van der Waals surface area contributed by atoms with Crippen molar-refractivity contribution < 1.29 is 23.4 Å². The summed E-state index contributed by atoms with van der Waals surface area (Å²) >= 11 is 0. The van der Waals surface area contributed by atoms with E-state index in [4.69, 9.17) is 0 Å². The van der Waals surface area contributed by atoms with Gasteiger partial charge in [-0.25, -0.2) is 0 Å². The van der Waals surface area contributed by atoms with Crippen molar-refractivity contribution in [2.24, 2.45) is 40.9 Å². The zero-order valence-corrected chi connectivity index (χ0v) is 19.6. The summed E-state index contributed by atoms with van der Waals surface area (Å²) in [4.78, 5) is 0. The maximum atomic E-state index is 13.1. The molecule has 0 heterocycles. The Morgan fingerprint density at radius 1 is 1.06 bits per heavy atom. The quantitative estimate of drug-likeness (QED) is 0.478. The summed E-state index contributed by atoms with van der Waals surface area (Å²) in [6.45, 7) is 7.42. The average molecular weight is 443 g/mol. The largest absolute Gasteiger partial charge is 0.416 e. The number of hydrogen-bond acceptors (Lipinski definition) is 2. The number of alkyl halides is 3. The molecule has 0 aromatic heterocycles. The lowest BCUT2D eigenvalue weighted by Gasteiger charge is -2.56. The van der Waals surface area contributed by atoms with E-state index in [1.807, 2.05) is 6.92 Å². The van der Waals surface area contributed by atoms with Crippen LogP contribution in [0.15, 0.2) is 11.6 Å². The van der Waals surface area contributed by atoms with Gasteiger partial charge < -0.3 is 10.2 Å². The second-order valence-corrected chi connectivity index (χ2v) is 12.3. The van der Waals surface area contributed by atoms with E-state index >= 15 is 0 Å². The first kappa shape index (κ1) is 23.6. The zero-order chi connectivity index (χ0) is 22.8. The molecular weight excluding hydrogens is 401 g/mol. The molecule has 0 radical (unpaired) electrons. The maximum absolute atomic E-state index is 13.1. The maximum Gasteiger partial charge on any atom is 0.416 e. The average Bonchev–Trinajstić information content (AvgIpc) is 3.10. The minimum absolute atomic E-state index is 0.207. The number of rotatable bonds is 4. The lowest BCUT2D eigenvalue weighted by molar-refractivity contribution is -0.256. The Labute approximate surface area is 185 Å². The van der Waals surface area contributed by atoms with Crippen LogP contribution in [-0.4, -0.2) is 27.6 Å². The lowest BCUT2D eigenvalue weighted by Crippen LogP contribution is -2.49. The molecule has 31 heavy (non-hydrogen) atoms. The fourth-order valence-electron chi connectivity index (χ4n) is 8.07. The summed E-state index contributed by atoms with van der Waals surface area (Å²) < 4.78 is 39.2. The van der Waals surface area contributed by atoms with Gasteiger partial charge in [0.15, 0.2) is 5.60 Å². The highest BCUT2D eigenvalue weighted by Gasteiger charge is 2.56. The third-order valence-corrected chi connectivity index (χ3v) is 10.2. The molecule has 2 N–H and O–H groups in total. The van der Waals surface area contributed by atoms with Crippen LogP contribution in [0, 0.1) is 40.9 Å². The van der Waals surface area contributed by atoms with Gasteiger partial charge in [0.1, 0.15) is 0 Å². The second-order valence-electron chi connectivity index (χ2n) is 12.3. The molecule has 4 aliphatic rings. The van der Waals surface area contributed by atoms with Crippen molar-refractivity contribution in [1.29, 1.82) is 0 Å². The highest BCUT2D eigenvalue weighted by molar-refractivity contribution is 5.26. The summed E-state index contributed by atoms with van der Waals surface area (Å²) in [5.74, 6) is 3.38. The molecule has 0 aromatic carbocycles. The molecule has 0 saturated heterocycles. The molecule has 0 bridgehead atoms.